The fraction of sp³-hybridized carbons (Fsp3) is 0.235. The van der Waals surface area contributed by atoms with Gasteiger partial charge in [-0.15, -0.1) is 11.3 Å². The van der Waals surface area contributed by atoms with Gasteiger partial charge in [-0.3, -0.25) is 14.8 Å². The molecule has 0 unspecified atom stereocenters. The van der Waals surface area contributed by atoms with Crippen LogP contribution in [-0.2, 0) is 6.54 Å². The number of amides is 1. The van der Waals surface area contributed by atoms with Gasteiger partial charge >= 0.3 is 0 Å². The first-order valence-corrected chi connectivity index (χ1v) is 9.07. The summed E-state index contributed by atoms with van der Waals surface area (Å²) in [4.78, 5) is 17.6. The molecule has 3 aromatic rings. The van der Waals surface area contributed by atoms with Gasteiger partial charge in [0.15, 0.2) is 5.13 Å². The first kappa shape index (κ1) is 16.9. The van der Waals surface area contributed by atoms with E-state index in [0.29, 0.717) is 17.2 Å². The molecule has 1 aromatic carbocycles. The van der Waals surface area contributed by atoms with E-state index in [9.17, 15) is 4.79 Å². The van der Waals surface area contributed by atoms with Crippen LogP contribution in [0.1, 0.15) is 32.2 Å². The number of halogens is 1. The van der Waals surface area contributed by atoms with Crippen LogP contribution in [0.5, 0.6) is 0 Å². The Labute approximate surface area is 152 Å². The smallest absolute Gasteiger partial charge is 0.257 e. The van der Waals surface area contributed by atoms with Crippen LogP contribution >= 0.6 is 27.3 Å². The van der Waals surface area contributed by atoms with Crippen molar-refractivity contribution in [1.29, 1.82) is 0 Å². The van der Waals surface area contributed by atoms with Crippen molar-refractivity contribution >= 4 is 38.3 Å². The molecule has 2 aromatic heterocycles. The van der Waals surface area contributed by atoms with Crippen molar-refractivity contribution in [1.82, 2.24) is 14.8 Å². The molecule has 0 bridgehead atoms. The predicted octanol–water partition coefficient (Wildman–Crippen LogP) is 4.33. The zero-order valence-electron chi connectivity index (χ0n) is 13.6. The number of hydrogen-bond donors (Lipinski definition) is 1. The Bertz CT molecular complexity index is 900. The largest absolute Gasteiger partial charge is 0.298 e. The summed E-state index contributed by atoms with van der Waals surface area (Å²) >= 11 is 5.00. The van der Waals surface area contributed by atoms with Gasteiger partial charge in [0, 0.05) is 16.6 Å². The van der Waals surface area contributed by atoms with Crippen LogP contribution in [0.2, 0.25) is 0 Å². The van der Waals surface area contributed by atoms with Crippen molar-refractivity contribution in [3.05, 3.63) is 62.3 Å². The van der Waals surface area contributed by atoms with Gasteiger partial charge in [0.1, 0.15) is 0 Å². The quantitative estimate of drug-likeness (QED) is 0.703. The summed E-state index contributed by atoms with van der Waals surface area (Å²) in [6.07, 6.45) is 1.75. The first-order chi connectivity index (χ1) is 11.4. The molecule has 1 amide bonds. The van der Waals surface area contributed by atoms with E-state index in [0.717, 1.165) is 26.3 Å². The maximum atomic E-state index is 12.4. The SMILES string of the molecule is Cc1cnc(NC(=O)c2cccc(Cn3nc(C)c(Br)c3C)c2)s1. The molecule has 3 rings (SSSR count). The molecule has 24 heavy (non-hydrogen) atoms. The molecule has 0 aliphatic carbocycles. The van der Waals surface area contributed by atoms with Crippen molar-refractivity contribution < 1.29 is 4.79 Å². The Morgan fingerprint density at radius 3 is 2.75 bits per heavy atom. The Hall–Kier alpha value is -1.99. The molecule has 0 saturated heterocycles. The van der Waals surface area contributed by atoms with E-state index < -0.39 is 0 Å². The second kappa shape index (κ2) is 6.86. The van der Waals surface area contributed by atoms with Crippen molar-refractivity contribution in [3.63, 3.8) is 0 Å². The molecule has 0 aliphatic heterocycles. The lowest BCUT2D eigenvalue weighted by molar-refractivity contribution is 0.102. The number of nitrogens with zero attached hydrogens (tertiary/aromatic N) is 3. The second-order valence-electron chi connectivity index (χ2n) is 5.57. The Morgan fingerprint density at radius 1 is 1.33 bits per heavy atom. The van der Waals surface area contributed by atoms with Crippen molar-refractivity contribution in [3.8, 4) is 0 Å². The van der Waals surface area contributed by atoms with Gasteiger partial charge < -0.3 is 0 Å². The normalized spacial score (nSPS) is 10.8. The van der Waals surface area contributed by atoms with E-state index in [-0.39, 0.29) is 5.91 Å². The number of nitrogens with one attached hydrogen (secondary N) is 1. The van der Waals surface area contributed by atoms with Gasteiger partial charge in [-0.25, -0.2) is 4.98 Å². The number of benzene rings is 1. The minimum absolute atomic E-state index is 0.152. The Kier molecular flexibility index (Phi) is 4.82. The average molecular weight is 405 g/mol. The van der Waals surface area contributed by atoms with Gasteiger partial charge in [-0.2, -0.15) is 5.10 Å². The predicted molar refractivity (Wildman–Crippen MR) is 99.7 cm³/mol. The molecular formula is C17H17BrN4OS. The standard InChI is InChI=1S/C17H17BrN4OS/c1-10-8-19-17(24-10)20-16(23)14-6-4-5-13(7-14)9-22-12(3)15(18)11(2)21-22/h4-8H,9H2,1-3H3,(H,19,20,23). The summed E-state index contributed by atoms with van der Waals surface area (Å²) in [5, 5.41) is 7.96. The third kappa shape index (κ3) is 3.57. The molecule has 0 fully saturated rings. The minimum Gasteiger partial charge on any atom is -0.298 e. The van der Waals surface area contributed by atoms with Crippen molar-refractivity contribution in [2.45, 2.75) is 27.3 Å². The third-order valence-electron chi connectivity index (χ3n) is 3.66. The van der Waals surface area contributed by atoms with E-state index in [2.05, 4.69) is 31.3 Å². The lowest BCUT2D eigenvalue weighted by Gasteiger charge is -2.07. The third-order valence-corrected chi connectivity index (χ3v) is 5.63. The highest BCUT2D eigenvalue weighted by Crippen LogP contribution is 2.21. The molecule has 0 radical (unpaired) electrons. The fourth-order valence-electron chi connectivity index (χ4n) is 2.39. The van der Waals surface area contributed by atoms with Gasteiger partial charge in [0.25, 0.3) is 5.91 Å². The van der Waals surface area contributed by atoms with Crippen LogP contribution in [0, 0.1) is 20.8 Å². The van der Waals surface area contributed by atoms with E-state index in [1.165, 1.54) is 11.3 Å². The van der Waals surface area contributed by atoms with Gasteiger partial charge in [0.2, 0.25) is 0 Å². The van der Waals surface area contributed by atoms with Gasteiger partial charge in [-0.1, -0.05) is 12.1 Å². The topological polar surface area (TPSA) is 59.8 Å². The molecule has 0 saturated carbocycles. The molecule has 0 aliphatic rings. The average Bonchev–Trinajstić information content (AvgIpc) is 3.07. The van der Waals surface area contributed by atoms with Crippen molar-refractivity contribution in [2.24, 2.45) is 0 Å². The molecule has 7 heteroatoms. The zero-order chi connectivity index (χ0) is 17.3. The molecule has 1 N–H and O–H groups in total. The Balaban J connectivity index is 1.78. The summed E-state index contributed by atoms with van der Waals surface area (Å²) in [7, 11) is 0. The van der Waals surface area contributed by atoms with Gasteiger partial charge in [0.05, 0.1) is 22.4 Å². The monoisotopic (exact) mass is 404 g/mol. The van der Waals surface area contributed by atoms with E-state index in [1.807, 2.05) is 43.7 Å². The summed E-state index contributed by atoms with van der Waals surface area (Å²) in [6.45, 7) is 6.56. The molecule has 5 nitrogen and oxygen atoms in total. The van der Waals surface area contributed by atoms with E-state index >= 15 is 0 Å². The van der Waals surface area contributed by atoms with E-state index in [4.69, 9.17) is 0 Å². The van der Waals surface area contributed by atoms with Crippen LogP contribution in [-0.4, -0.2) is 20.7 Å². The molecule has 124 valence electrons. The van der Waals surface area contributed by atoms with Crippen molar-refractivity contribution in [2.75, 3.05) is 5.32 Å². The lowest BCUT2D eigenvalue weighted by Crippen LogP contribution is -2.12. The number of aryl methyl sites for hydroxylation is 2. The second-order valence-corrected chi connectivity index (χ2v) is 7.60. The minimum atomic E-state index is -0.152. The zero-order valence-corrected chi connectivity index (χ0v) is 16.0. The number of rotatable bonds is 4. The molecule has 0 atom stereocenters. The van der Waals surface area contributed by atoms with Gasteiger partial charge in [-0.05, 0) is 54.4 Å². The first-order valence-electron chi connectivity index (χ1n) is 7.46. The molecule has 0 spiro atoms. The summed E-state index contributed by atoms with van der Waals surface area (Å²) in [5.41, 5.74) is 3.66. The summed E-state index contributed by atoms with van der Waals surface area (Å²) in [5.74, 6) is -0.152. The van der Waals surface area contributed by atoms with Crippen LogP contribution < -0.4 is 5.32 Å². The summed E-state index contributed by atoms with van der Waals surface area (Å²) in [6, 6.07) is 7.57. The highest BCUT2D eigenvalue weighted by molar-refractivity contribution is 9.10. The molecular weight excluding hydrogens is 388 g/mol. The van der Waals surface area contributed by atoms with E-state index in [1.54, 1.807) is 12.3 Å². The van der Waals surface area contributed by atoms with Crippen LogP contribution in [0.4, 0.5) is 5.13 Å². The lowest BCUT2D eigenvalue weighted by atomic mass is 10.1. The Morgan fingerprint density at radius 2 is 2.12 bits per heavy atom. The number of aromatic nitrogens is 3. The highest BCUT2D eigenvalue weighted by atomic mass is 79.9. The van der Waals surface area contributed by atoms with Crippen LogP contribution in [0.25, 0.3) is 0 Å². The fourth-order valence-corrected chi connectivity index (χ4v) is 3.34. The number of carbonyl (C=O) groups excluding carboxylic acids is 1. The number of thiazole rings is 1. The maximum Gasteiger partial charge on any atom is 0.257 e. The van der Waals surface area contributed by atoms with Crippen LogP contribution in [0.3, 0.4) is 0 Å². The molecule has 2 heterocycles. The summed E-state index contributed by atoms with van der Waals surface area (Å²) < 4.78 is 2.95. The number of carbonyl (C=O) groups is 1. The number of anilines is 1. The maximum absolute atomic E-state index is 12.4. The number of hydrogen-bond acceptors (Lipinski definition) is 4. The van der Waals surface area contributed by atoms with Crippen LogP contribution in [0.15, 0.2) is 34.9 Å². The highest BCUT2D eigenvalue weighted by Gasteiger charge is 2.12.